The van der Waals surface area contributed by atoms with E-state index in [4.69, 9.17) is 10.5 Å². The largest absolute Gasteiger partial charge is 0.495 e. The number of sulfonamides is 1. The highest BCUT2D eigenvalue weighted by Crippen LogP contribution is 2.31. The van der Waals surface area contributed by atoms with Crippen molar-refractivity contribution in [2.45, 2.75) is 44.0 Å². The van der Waals surface area contributed by atoms with Gasteiger partial charge in [0.2, 0.25) is 15.9 Å². The minimum Gasteiger partial charge on any atom is -0.495 e. The topological polar surface area (TPSA) is 102 Å². The predicted octanol–water partition coefficient (Wildman–Crippen LogP) is 2.21. The van der Waals surface area contributed by atoms with Crippen LogP contribution in [0.3, 0.4) is 0 Å². The molecule has 148 valence electrons. The van der Waals surface area contributed by atoms with E-state index in [1.54, 1.807) is 6.07 Å². The fourth-order valence-corrected chi connectivity index (χ4v) is 4.53. The maximum absolute atomic E-state index is 12.7. The molecule has 0 aliphatic carbocycles. The van der Waals surface area contributed by atoms with Crippen LogP contribution < -0.4 is 15.8 Å². The van der Waals surface area contributed by atoms with E-state index >= 15 is 0 Å². The second-order valence-electron chi connectivity index (χ2n) is 6.70. The van der Waals surface area contributed by atoms with Crippen molar-refractivity contribution in [2.24, 2.45) is 11.7 Å². The summed E-state index contributed by atoms with van der Waals surface area (Å²) < 4.78 is 32.1. The molecule has 0 unspecified atom stereocenters. The highest BCUT2D eigenvalue weighted by molar-refractivity contribution is 7.89. The van der Waals surface area contributed by atoms with Gasteiger partial charge in [0.15, 0.2) is 0 Å². The summed E-state index contributed by atoms with van der Waals surface area (Å²) in [6, 6.07) is 3.93. The lowest BCUT2D eigenvalue weighted by molar-refractivity contribution is -0.117. The monoisotopic (exact) mass is 405 g/mol. The van der Waals surface area contributed by atoms with Gasteiger partial charge in [0.05, 0.1) is 13.2 Å². The summed E-state index contributed by atoms with van der Waals surface area (Å²) in [5, 5.41) is 2.72. The lowest BCUT2D eigenvalue weighted by Gasteiger charge is -2.19. The average Bonchev–Trinajstić information content (AvgIpc) is 3.09. The summed E-state index contributed by atoms with van der Waals surface area (Å²) in [6.07, 6.45) is 2.30. The molecule has 1 aromatic rings. The van der Waals surface area contributed by atoms with Crippen molar-refractivity contribution in [2.75, 3.05) is 25.5 Å². The molecule has 1 fully saturated rings. The maximum Gasteiger partial charge on any atom is 0.246 e. The Kier molecular flexibility index (Phi) is 8.33. The van der Waals surface area contributed by atoms with Gasteiger partial charge in [-0.05, 0) is 37.3 Å². The first kappa shape index (κ1) is 22.7. The first-order valence-electron chi connectivity index (χ1n) is 8.50. The van der Waals surface area contributed by atoms with Crippen LogP contribution in [0.5, 0.6) is 5.75 Å². The fraction of sp³-hybridized carbons (Fsp3) is 0.588. The quantitative estimate of drug-likeness (QED) is 0.724. The molecule has 3 N–H and O–H groups in total. The third-order valence-electron chi connectivity index (χ3n) is 4.18. The zero-order valence-electron chi connectivity index (χ0n) is 15.4. The molecule has 0 bridgehead atoms. The highest BCUT2D eigenvalue weighted by Gasteiger charge is 2.30. The molecule has 7 nitrogen and oxygen atoms in total. The number of anilines is 1. The summed E-state index contributed by atoms with van der Waals surface area (Å²) >= 11 is 0. The number of hydrogen-bond acceptors (Lipinski definition) is 5. The number of carbonyl (C=O) groups is 1. The van der Waals surface area contributed by atoms with E-state index in [9.17, 15) is 13.2 Å². The van der Waals surface area contributed by atoms with Crippen molar-refractivity contribution in [3.05, 3.63) is 18.2 Å². The Morgan fingerprint density at radius 3 is 2.46 bits per heavy atom. The van der Waals surface area contributed by atoms with Gasteiger partial charge in [-0.3, -0.25) is 4.79 Å². The average molecular weight is 406 g/mol. The van der Waals surface area contributed by atoms with E-state index in [0.29, 0.717) is 31.1 Å². The molecular formula is C17H28ClN3O4S. The molecule has 1 saturated heterocycles. The lowest BCUT2D eigenvalue weighted by Crippen LogP contribution is -2.36. The first-order valence-corrected chi connectivity index (χ1v) is 9.94. The van der Waals surface area contributed by atoms with Crippen LogP contribution in [0, 0.1) is 5.92 Å². The van der Waals surface area contributed by atoms with Crippen molar-refractivity contribution < 1.29 is 17.9 Å². The number of halogens is 1. The summed E-state index contributed by atoms with van der Waals surface area (Å²) in [5.41, 5.74) is 6.33. The molecule has 9 heteroatoms. The van der Waals surface area contributed by atoms with Crippen molar-refractivity contribution in [1.29, 1.82) is 0 Å². The SMILES string of the molecule is COc1cc(NC(=O)[C@@H](N)CC(C)C)ccc1S(=O)(=O)N1CCCC1.Cl. The number of carbonyl (C=O) groups excluding carboxylic acids is 1. The van der Waals surface area contributed by atoms with Crippen LogP contribution in [-0.4, -0.2) is 44.9 Å². The van der Waals surface area contributed by atoms with Gasteiger partial charge in [-0.15, -0.1) is 12.4 Å². The minimum atomic E-state index is -3.59. The number of nitrogens with two attached hydrogens (primary N) is 1. The van der Waals surface area contributed by atoms with E-state index in [1.165, 1.54) is 23.5 Å². The predicted molar refractivity (Wildman–Crippen MR) is 104 cm³/mol. The molecule has 1 atom stereocenters. The summed E-state index contributed by atoms with van der Waals surface area (Å²) in [5.74, 6) is 0.219. The first-order chi connectivity index (χ1) is 11.8. The van der Waals surface area contributed by atoms with Crippen LogP contribution in [0.15, 0.2) is 23.1 Å². The molecule has 2 rings (SSSR count). The van der Waals surface area contributed by atoms with Gasteiger partial charge in [0.1, 0.15) is 10.6 Å². The fourth-order valence-electron chi connectivity index (χ4n) is 2.88. The van der Waals surface area contributed by atoms with Gasteiger partial charge >= 0.3 is 0 Å². The van der Waals surface area contributed by atoms with Crippen molar-refractivity contribution in [3.63, 3.8) is 0 Å². The van der Waals surface area contributed by atoms with Crippen molar-refractivity contribution >= 4 is 34.0 Å². The lowest BCUT2D eigenvalue weighted by atomic mass is 10.0. The van der Waals surface area contributed by atoms with E-state index in [-0.39, 0.29) is 29.0 Å². The summed E-state index contributed by atoms with van der Waals surface area (Å²) in [6.45, 7) is 5.03. The van der Waals surface area contributed by atoms with Gasteiger partial charge in [0.25, 0.3) is 0 Å². The highest BCUT2D eigenvalue weighted by atomic mass is 35.5. The van der Waals surface area contributed by atoms with Crippen LogP contribution in [0.4, 0.5) is 5.69 Å². The van der Waals surface area contributed by atoms with Gasteiger partial charge in [-0.1, -0.05) is 13.8 Å². The second kappa shape index (κ2) is 9.55. The van der Waals surface area contributed by atoms with E-state index in [2.05, 4.69) is 5.32 Å². The van der Waals surface area contributed by atoms with E-state index in [0.717, 1.165) is 12.8 Å². The zero-order valence-corrected chi connectivity index (χ0v) is 17.0. The zero-order chi connectivity index (χ0) is 18.6. The number of rotatable bonds is 7. The van der Waals surface area contributed by atoms with E-state index in [1.807, 2.05) is 13.8 Å². The van der Waals surface area contributed by atoms with Crippen molar-refractivity contribution in [1.82, 2.24) is 4.31 Å². The number of hydrogen-bond donors (Lipinski definition) is 2. The summed E-state index contributed by atoms with van der Waals surface area (Å²) in [7, 11) is -2.18. The van der Waals surface area contributed by atoms with Gasteiger partial charge in [-0.2, -0.15) is 4.31 Å². The number of methoxy groups -OCH3 is 1. The Labute approximate surface area is 161 Å². The van der Waals surface area contributed by atoms with Crippen LogP contribution >= 0.6 is 12.4 Å². The van der Waals surface area contributed by atoms with Crippen LogP contribution in [0.1, 0.15) is 33.1 Å². The molecule has 0 aromatic heterocycles. The standard InChI is InChI=1S/C17H27N3O4S.ClH/c1-12(2)10-14(18)17(21)19-13-6-7-16(15(11-13)24-3)25(22,23)20-8-4-5-9-20;/h6-7,11-12,14H,4-5,8-10,18H2,1-3H3,(H,19,21);1H/t14-;/m0./s1. The molecule has 1 aliphatic heterocycles. The van der Waals surface area contributed by atoms with Crippen LogP contribution in [-0.2, 0) is 14.8 Å². The smallest absolute Gasteiger partial charge is 0.246 e. The molecule has 0 saturated carbocycles. The Bertz CT molecular complexity index is 719. The number of ether oxygens (including phenoxy) is 1. The Morgan fingerprint density at radius 2 is 1.92 bits per heavy atom. The maximum atomic E-state index is 12.7. The Morgan fingerprint density at radius 1 is 1.31 bits per heavy atom. The van der Waals surface area contributed by atoms with Crippen molar-refractivity contribution in [3.8, 4) is 5.75 Å². The molecule has 1 heterocycles. The number of nitrogens with zero attached hydrogens (tertiary/aromatic N) is 1. The van der Waals surface area contributed by atoms with E-state index < -0.39 is 16.1 Å². The van der Waals surface area contributed by atoms with Crippen LogP contribution in [0.25, 0.3) is 0 Å². The molecule has 0 radical (unpaired) electrons. The van der Waals surface area contributed by atoms with Gasteiger partial charge in [-0.25, -0.2) is 8.42 Å². The van der Waals surface area contributed by atoms with Gasteiger partial charge in [0, 0.05) is 24.8 Å². The van der Waals surface area contributed by atoms with Crippen LogP contribution in [0.2, 0.25) is 0 Å². The molecule has 0 spiro atoms. The summed E-state index contributed by atoms with van der Waals surface area (Å²) in [4.78, 5) is 12.2. The second-order valence-corrected chi connectivity index (χ2v) is 8.61. The molecule has 1 aliphatic rings. The molecule has 1 amide bonds. The third kappa shape index (κ3) is 5.33. The Balaban J connectivity index is 0.00000338. The molecule has 26 heavy (non-hydrogen) atoms. The van der Waals surface area contributed by atoms with Gasteiger partial charge < -0.3 is 15.8 Å². The number of amides is 1. The molecular weight excluding hydrogens is 378 g/mol. The normalized spacial score (nSPS) is 16.2. The Hall–Kier alpha value is -1.35. The number of benzene rings is 1. The third-order valence-corrected chi connectivity index (χ3v) is 6.11. The molecule has 1 aromatic carbocycles. The minimum absolute atomic E-state index is 0. The number of nitrogens with one attached hydrogen (secondary N) is 1.